The number of hydrogen-bond donors (Lipinski definition) is 0. The second kappa shape index (κ2) is 7.37. The summed E-state index contributed by atoms with van der Waals surface area (Å²) >= 11 is 5.40. The third-order valence-corrected chi connectivity index (χ3v) is 5.68. The van der Waals surface area contributed by atoms with E-state index in [9.17, 15) is 0 Å². The quantitative estimate of drug-likeness (QED) is 0.440. The van der Waals surface area contributed by atoms with E-state index in [1.54, 1.807) is 0 Å². The van der Waals surface area contributed by atoms with Gasteiger partial charge >= 0.3 is 0 Å². The van der Waals surface area contributed by atoms with Crippen molar-refractivity contribution in [3.63, 3.8) is 0 Å². The van der Waals surface area contributed by atoms with E-state index in [1.165, 1.54) is 27.1 Å². The molecular weight excluding hydrogens is 364 g/mol. The maximum Gasteiger partial charge on any atom is 0.0593 e. The third kappa shape index (κ3) is 4.27. The number of rotatable bonds is 4. The Morgan fingerprint density at radius 1 is 0.652 bits per heavy atom. The van der Waals surface area contributed by atoms with Crippen LogP contribution < -0.4 is 0 Å². The maximum atomic E-state index is 3.51. The molecule has 0 aromatic heterocycles. The van der Waals surface area contributed by atoms with Crippen molar-refractivity contribution in [1.82, 2.24) is 0 Å². The van der Waals surface area contributed by atoms with Crippen molar-refractivity contribution < 1.29 is 0 Å². The van der Waals surface area contributed by atoms with E-state index in [0.29, 0.717) is 5.25 Å². The van der Waals surface area contributed by atoms with E-state index >= 15 is 0 Å². The van der Waals surface area contributed by atoms with E-state index in [0.717, 1.165) is 4.47 Å². The summed E-state index contributed by atoms with van der Waals surface area (Å²) in [5.74, 6) is 0. The van der Waals surface area contributed by atoms with Gasteiger partial charge < -0.3 is 0 Å². The lowest BCUT2D eigenvalue weighted by Crippen LogP contribution is -1.97. The Morgan fingerprint density at radius 3 is 1.52 bits per heavy atom. The summed E-state index contributed by atoms with van der Waals surface area (Å²) in [7, 11) is 0. The first kappa shape index (κ1) is 16.4. The first-order chi connectivity index (χ1) is 11.1. The van der Waals surface area contributed by atoms with Gasteiger partial charge in [-0.25, -0.2) is 0 Å². The van der Waals surface area contributed by atoms with E-state index in [1.807, 2.05) is 11.8 Å². The van der Waals surface area contributed by atoms with Crippen LogP contribution in [0.15, 0.2) is 82.2 Å². The maximum absolute atomic E-state index is 3.51. The zero-order valence-electron chi connectivity index (χ0n) is 13.3. The molecule has 0 spiro atoms. The molecule has 3 aromatic rings. The van der Waals surface area contributed by atoms with Gasteiger partial charge in [0.2, 0.25) is 0 Å². The molecule has 0 heterocycles. The molecule has 0 N–H and O–H groups in total. The van der Waals surface area contributed by atoms with Crippen LogP contribution in [0.3, 0.4) is 0 Å². The molecule has 0 aliphatic heterocycles. The Kier molecular flexibility index (Phi) is 5.24. The molecule has 0 saturated carbocycles. The zero-order valence-corrected chi connectivity index (χ0v) is 15.7. The number of halogens is 1. The Balaban J connectivity index is 1.97. The van der Waals surface area contributed by atoms with Gasteiger partial charge in [0, 0.05) is 9.37 Å². The van der Waals surface area contributed by atoms with Crippen molar-refractivity contribution in [1.29, 1.82) is 0 Å². The number of hydrogen-bond acceptors (Lipinski definition) is 1. The summed E-state index contributed by atoms with van der Waals surface area (Å²) in [6.07, 6.45) is 0. The molecule has 3 aromatic carbocycles. The smallest absolute Gasteiger partial charge is 0.0593 e. The molecule has 0 aliphatic rings. The minimum Gasteiger partial charge on any atom is -0.113 e. The molecule has 0 amide bonds. The van der Waals surface area contributed by atoms with Crippen molar-refractivity contribution in [3.05, 3.63) is 99.5 Å². The normalized spacial score (nSPS) is 11.0. The zero-order chi connectivity index (χ0) is 16.2. The van der Waals surface area contributed by atoms with Gasteiger partial charge in [0.1, 0.15) is 0 Å². The molecule has 0 bridgehead atoms. The largest absolute Gasteiger partial charge is 0.113 e. The molecule has 3 rings (SSSR count). The van der Waals surface area contributed by atoms with Crippen LogP contribution in [0.2, 0.25) is 0 Å². The second-order valence-electron chi connectivity index (χ2n) is 5.77. The monoisotopic (exact) mass is 382 g/mol. The second-order valence-corrected chi connectivity index (χ2v) is 7.87. The van der Waals surface area contributed by atoms with Crippen molar-refractivity contribution in [2.24, 2.45) is 0 Å². The van der Waals surface area contributed by atoms with E-state index in [-0.39, 0.29) is 0 Å². The van der Waals surface area contributed by atoms with Crippen LogP contribution in [0, 0.1) is 13.8 Å². The highest BCUT2D eigenvalue weighted by molar-refractivity contribution is 9.10. The summed E-state index contributed by atoms with van der Waals surface area (Å²) in [6, 6.07) is 26.3. The van der Waals surface area contributed by atoms with E-state index in [4.69, 9.17) is 0 Å². The fourth-order valence-corrected chi connectivity index (χ4v) is 3.88. The number of aryl methyl sites for hydroxylation is 2. The first-order valence-corrected chi connectivity index (χ1v) is 9.34. The van der Waals surface area contributed by atoms with Crippen molar-refractivity contribution in [2.75, 3.05) is 0 Å². The number of thioether (sulfide) groups is 1. The lowest BCUT2D eigenvalue weighted by molar-refractivity contribution is 1.14. The Morgan fingerprint density at radius 2 is 1.09 bits per heavy atom. The predicted octanol–water partition coefficient (Wildman–Crippen LogP) is 6.95. The van der Waals surface area contributed by atoms with Gasteiger partial charge in [-0.05, 0) is 49.2 Å². The summed E-state index contributed by atoms with van der Waals surface area (Å²) in [5, 5.41) is 0.303. The molecule has 2 heteroatoms. The SMILES string of the molecule is Cc1ccc(C(Sc2ccc(Br)cc2)c2ccc(C)cc2)cc1. The molecule has 0 aliphatic carbocycles. The highest BCUT2D eigenvalue weighted by Gasteiger charge is 2.15. The standard InChI is InChI=1S/C21H19BrS/c1-15-3-7-17(8-4-15)21(18-9-5-16(2)6-10-18)23-20-13-11-19(22)12-14-20/h3-14,21H,1-2H3. The van der Waals surface area contributed by atoms with Crippen LogP contribution in [0.5, 0.6) is 0 Å². The molecule has 116 valence electrons. The fraction of sp³-hybridized carbons (Fsp3) is 0.143. The predicted molar refractivity (Wildman–Crippen MR) is 104 cm³/mol. The van der Waals surface area contributed by atoms with Crippen LogP contribution in [0.25, 0.3) is 0 Å². The van der Waals surface area contributed by atoms with Crippen LogP contribution >= 0.6 is 27.7 Å². The van der Waals surface area contributed by atoms with Crippen molar-refractivity contribution in [2.45, 2.75) is 24.0 Å². The van der Waals surface area contributed by atoms with Gasteiger partial charge in [-0.3, -0.25) is 0 Å². The lowest BCUT2D eigenvalue weighted by atomic mass is 10.0. The summed E-state index contributed by atoms with van der Waals surface area (Å²) in [6.45, 7) is 4.26. The van der Waals surface area contributed by atoms with Gasteiger partial charge in [0.25, 0.3) is 0 Å². The Hall–Kier alpha value is -1.51. The average Bonchev–Trinajstić information content (AvgIpc) is 2.56. The molecule has 0 fully saturated rings. The molecule has 0 unspecified atom stereocenters. The van der Waals surface area contributed by atoms with Crippen LogP contribution in [-0.4, -0.2) is 0 Å². The fourth-order valence-electron chi connectivity index (χ4n) is 2.46. The van der Waals surface area contributed by atoms with Gasteiger partial charge in [0.15, 0.2) is 0 Å². The molecule has 0 nitrogen and oxygen atoms in total. The lowest BCUT2D eigenvalue weighted by Gasteiger charge is -2.18. The van der Waals surface area contributed by atoms with Gasteiger partial charge in [-0.2, -0.15) is 0 Å². The van der Waals surface area contributed by atoms with Gasteiger partial charge in [0.05, 0.1) is 5.25 Å². The highest BCUT2D eigenvalue weighted by Crippen LogP contribution is 2.40. The molecule has 0 atom stereocenters. The highest BCUT2D eigenvalue weighted by atomic mass is 79.9. The number of benzene rings is 3. The summed E-state index contributed by atoms with van der Waals surface area (Å²) in [4.78, 5) is 1.28. The minimum absolute atomic E-state index is 0.303. The topological polar surface area (TPSA) is 0 Å². The Labute approximate surface area is 151 Å². The van der Waals surface area contributed by atoms with Crippen LogP contribution in [0.4, 0.5) is 0 Å². The minimum atomic E-state index is 0.303. The summed E-state index contributed by atoms with van der Waals surface area (Å²) in [5.41, 5.74) is 5.27. The molecule has 23 heavy (non-hydrogen) atoms. The van der Waals surface area contributed by atoms with Crippen molar-refractivity contribution in [3.8, 4) is 0 Å². The average molecular weight is 383 g/mol. The van der Waals surface area contributed by atoms with E-state index in [2.05, 4.69) is 103 Å². The van der Waals surface area contributed by atoms with Crippen LogP contribution in [-0.2, 0) is 0 Å². The molecular formula is C21H19BrS. The molecule has 0 saturated heterocycles. The molecule has 0 radical (unpaired) electrons. The Bertz CT molecular complexity index is 713. The third-order valence-electron chi connectivity index (χ3n) is 3.83. The van der Waals surface area contributed by atoms with Crippen LogP contribution in [0.1, 0.15) is 27.5 Å². The first-order valence-electron chi connectivity index (χ1n) is 7.67. The van der Waals surface area contributed by atoms with Crippen molar-refractivity contribution >= 4 is 27.7 Å². The van der Waals surface area contributed by atoms with Gasteiger partial charge in [-0.1, -0.05) is 75.6 Å². The van der Waals surface area contributed by atoms with Gasteiger partial charge in [-0.15, -0.1) is 11.8 Å². The summed E-state index contributed by atoms with van der Waals surface area (Å²) < 4.78 is 1.11. The van der Waals surface area contributed by atoms with E-state index < -0.39 is 0 Å².